The number of carbonyl (C=O) groups excluding carboxylic acids is 2. The normalized spacial score (nSPS) is 40.0. The molecule has 1 aromatic carbocycles. The van der Waals surface area contributed by atoms with Crippen LogP contribution in [0.25, 0.3) is 0 Å². The molecule has 6 rings (SSSR count). The Morgan fingerprint density at radius 1 is 0.844 bits per heavy atom. The Hall–Kier alpha value is -3.24. The van der Waals surface area contributed by atoms with Gasteiger partial charge in [0.2, 0.25) is 5.79 Å². The van der Waals surface area contributed by atoms with Crippen LogP contribution in [0.1, 0.15) is 154 Å². The summed E-state index contributed by atoms with van der Waals surface area (Å²) >= 11 is 0. The lowest BCUT2D eigenvalue weighted by atomic mass is 9.72. The molecule has 4 fully saturated rings. The molecule has 4 saturated heterocycles. The number of aliphatic carboxylic acids is 1. The number of benzene rings is 1. The molecule has 18 atom stereocenters. The second kappa shape index (κ2) is 19.5. The smallest absolute Gasteiger partial charge is 0.339 e. The van der Waals surface area contributed by atoms with Crippen molar-refractivity contribution in [2.24, 2.45) is 41.4 Å². The Morgan fingerprint density at radius 3 is 2.12 bits per heavy atom. The van der Waals surface area contributed by atoms with E-state index in [2.05, 4.69) is 0 Å². The number of carbonyl (C=O) groups is 4. The number of carboxylic acids is 2. The molecule has 64 heavy (non-hydrogen) atoms. The Labute approximate surface area is 378 Å². The van der Waals surface area contributed by atoms with Gasteiger partial charge >= 0.3 is 17.9 Å². The van der Waals surface area contributed by atoms with E-state index in [0.717, 1.165) is 6.42 Å². The predicted molar refractivity (Wildman–Crippen MR) is 235 cm³/mol. The van der Waals surface area contributed by atoms with Gasteiger partial charge in [0, 0.05) is 30.1 Å². The zero-order valence-corrected chi connectivity index (χ0v) is 39.5. The van der Waals surface area contributed by atoms with Crippen molar-refractivity contribution >= 4 is 23.7 Å². The number of rotatable bonds is 15. The number of aliphatic hydroxyl groups is 2. The highest BCUT2D eigenvalue weighted by atomic mass is 16.8. The average Bonchev–Trinajstić information content (AvgIpc) is 3.61. The predicted octanol–water partition coefficient (Wildman–Crippen LogP) is 7.75. The minimum atomic E-state index is -1.61. The monoisotopic (exact) mass is 899 g/mol. The summed E-state index contributed by atoms with van der Waals surface area (Å²) in [4.78, 5) is 52.8. The molecule has 0 aliphatic carbocycles. The number of hydrogen-bond acceptors (Lipinski definition) is 12. The third-order valence-corrected chi connectivity index (χ3v) is 16.0. The molecular formula is C50H74O14. The number of hydrogen-bond donors (Lipinski definition) is 4. The fourth-order valence-electron chi connectivity index (χ4n) is 11.6. The first-order valence-electron chi connectivity index (χ1n) is 23.9. The van der Waals surface area contributed by atoms with Crippen LogP contribution in [0, 0.1) is 41.4 Å². The molecular weight excluding hydrogens is 825 g/mol. The molecule has 1 aromatic rings. The summed E-state index contributed by atoms with van der Waals surface area (Å²) in [7, 11) is 0. The molecule has 0 saturated carbocycles. The summed E-state index contributed by atoms with van der Waals surface area (Å²) in [5, 5.41) is 42.9. The zero-order valence-electron chi connectivity index (χ0n) is 39.5. The van der Waals surface area contributed by atoms with Crippen molar-refractivity contribution in [2.75, 3.05) is 0 Å². The van der Waals surface area contributed by atoms with E-state index < -0.39 is 107 Å². The van der Waals surface area contributed by atoms with Crippen LogP contribution in [-0.4, -0.2) is 110 Å². The lowest BCUT2D eigenvalue weighted by Crippen LogP contribution is -2.63. The third-order valence-electron chi connectivity index (χ3n) is 16.0. The fourth-order valence-corrected chi connectivity index (χ4v) is 11.6. The van der Waals surface area contributed by atoms with Gasteiger partial charge in [-0.15, -0.1) is 0 Å². The Balaban J connectivity index is 1.28. The van der Waals surface area contributed by atoms with Crippen molar-refractivity contribution < 1.29 is 68.0 Å². The van der Waals surface area contributed by atoms with E-state index >= 15 is 0 Å². The van der Waals surface area contributed by atoms with E-state index in [-0.39, 0.29) is 41.1 Å². The molecule has 5 aliphatic heterocycles. The number of aliphatic hydroxyl groups excluding tert-OH is 1. The first-order valence-corrected chi connectivity index (χ1v) is 23.9. The molecule has 0 unspecified atom stereocenters. The SMILES string of the molecule is CC[C@@H](C(=O)[C@@H](C)[C@@H](O)[C@H](C)[C@@H]1O[C@@H]([C@@H](CC)C(=O)O)CC[C@@H]1C)[C@H]1O[C@]2(C=C[C@@H](OC(=O)c3ccccc3C(=O)O)[C@]3(CC[C@@](C)([C@H]4CC[C@](O)(CC)[C@H](C)O4)O3)O2)[C@H](C)C[C@@H]1C. The summed E-state index contributed by atoms with van der Waals surface area (Å²) in [6.07, 6.45) is 3.87. The van der Waals surface area contributed by atoms with Crippen LogP contribution in [-0.2, 0) is 38.0 Å². The van der Waals surface area contributed by atoms with E-state index in [1.807, 2.05) is 62.3 Å². The third kappa shape index (κ3) is 9.49. The van der Waals surface area contributed by atoms with Crippen LogP contribution >= 0.6 is 0 Å². The van der Waals surface area contributed by atoms with Crippen LogP contribution in [0.4, 0.5) is 0 Å². The van der Waals surface area contributed by atoms with Crippen molar-refractivity contribution in [3.05, 3.63) is 47.5 Å². The molecule has 5 heterocycles. The summed E-state index contributed by atoms with van der Waals surface area (Å²) in [6, 6.07) is 5.84. The fraction of sp³-hybridized carbons (Fsp3) is 0.760. The maximum atomic E-state index is 14.7. The number of esters is 1. The van der Waals surface area contributed by atoms with Crippen LogP contribution in [0.15, 0.2) is 36.4 Å². The Kier molecular flexibility index (Phi) is 15.3. The van der Waals surface area contributed by atoms with Gasteiger partial charge in [0.05, 0.1) is 64.9 Å². The van der Waals surface area contributed by atoms with Gasteiger partial charge in [-0.2, -0.15) is 0 Å². The number of aromatic carboxylic acids is 1. The summed E-state index contributed by atoms with van der Waals surface area (Å²) in [6.45, 7) is 19.2. The Bertz CT molecular complexity index is 1880. The second-order valence-electron chi connectivity index (χ2n) is 20.1. The van der Waals surface area contributed by atoms with E-state index in [1.165, 1.54) is 18.2 Å². The number of ether oxygens (including phenoxy) is 6. The van der Waals surface area contributed by atoms with Gasteiger partial charge in [0.15, 0.2) is 11.9 Å². The molecule has 5 aliphatic rings. The van der Waals surface area contributed by atoms with Crippen molar-refractivity contribution in [1.29, 1.82) is 0 Å². The first kappa shape index (κ1) is 50.2. The quantitative estimate of drug-likeness (QED) is 0.0982. The van der Waals surface area contributed by atoms with Gasteiger partial charge < -0.3 is 48.8 Å². The van der Waals surface area contributed by atoms with Gasteiger partial charge in [-0.25, -0.2) is 9.59 Å². The summed E-state index contributed by atoms with van der Waals surface area (Å²) in [5.41, 5.74) is -2.25. The average molecular weight is 899 g/mol. The lowest BCUT2D eigenvalue weighted by Gasteiger charge is -2.54. The molecule has 2 spiro atoms. The minimum Gasteiger partial charge on any atom is -0.481 e. The maximum absolute atomic E-state index is 14.7. The lowest BCUT2D eigenvalue weighted by molar-refractivity contribution is -0.408. The van der Waals surface area contributed by atoms with E-state index in [4.69, 9.17) is 28.4 Å². The summed E-state index contributed by atoms with van der Waals surface area (Å²) < 4.78 is 40.4. The largest absolute Gasteiger partial charge is 0.481 e. The molecule has 0 bridgehead atoms. The van der Waals surface area contributed by atoms with Crippen LogP contribution in [0.2, 0.25) is 0 Å². The van der Waals surface area contributed by atoms with Crippen molar-refractivity contribution in [3.8, 4) is 0 Å². The molecule has 0 amide bonds. The highest BCUT2D eigenvalue weighted by Gasteiger charge is 2.64. The van der Waals surface area contributed by atoms with Crippen molar-refractivity contribution in [3.63, 3.8) is 0 Å². The molecule has 4 N–H and O–H groups in total. The van der Waals surface area contributed by atoms with E-state index in [9.17, 15) is 39.6 Å². The van der Waals surface area contributed by atoms with Gasteiger partial charge in [0.1, 0.15) is 5.78 Å². The van der Waals surface area contributed by atoms with Gasteiger partial charge in [0.25, 0.3) is 0 Å². The molecule has 358 valence electrons. The Morgan fingerprint density at radius 2 is 1.52 bits per heavy atom. The second-order valence-corrected chi connectivity index (χ2v) is 20.1. The van der Waals surface area contributed by atoms with Gasteiger partial charge in [-0.1, -0.05) is 67.5 Å². The maximum Gasteiger partial charge on any atom is 0.339 e. The highest BCUT2D eigenvalue weighted by Crippen LogP contribution is 2.55. The number of carboxylic acid groups (broad SMARTS) is 2. The van der Waals surface area contributed by atoms with Crippen molar-refractivity contribution in [1.82, 2.24) is 0 Å². The topological polar surface area (TPSA) is 205 Å². The van der Waals surface area contributed by atoms with E-state index in [1.54, 1.807) is 25.1 Å². The minimum absolute atomic E-state index is 0.0596. The van der Waals surface area contributed by atoms with Crippen LogP contribution in [0.5, 0.6) is 0 Å². The molecule has 0 aromatic heterocycles. The van der Waals surface area contributed by atoms with E-state index in [0.29, 0.717) is 51.4 Å². The van der Waals surface area contributed by atoms with Gasteiger partial charge in [-0.3, -0.25) is 9.59 Å². The first-order chi connectivity index (χ1) is 30.1. The van der Waals surface area contributed by atoms with Crippen LogP contribution in [0.3, 0.4) is 0 Å². The highest BCUT2D eigenvalue weighted by molar-refractivity contribution is 6.02. The van der Waals surface area contributed by atoms with Crippen LogP contribution < -0.4 is 0 Å². The van der Waals surface area contributed by atoms with Crippen molar-refractivity contribution in [2.45, 2.75) is 199 Å². The van der Waals surface area contributed by atoms with Gasteiger partial charge in [-0.05, 0) is 108 Å². The number of Topliss-reactive ketones (excluding diaryl/α,β-unsaturated/α-hetero) is 1. The zero-order chi connectivity index (χ0) is 47.1. The number of ketones is 1. The molecule has 14 nitrogen and oxygen atoms in total. The molecule has 14 heteroatoms. The standard InChI is InChI=1S/C50H74O14/c1-11-33(44(53)54)37-19-18-27(4)42(60-37)31(8)40(51)30(7)41(52)34(12-2)43-28(5)26-29(6)49(62-43)23-21-39(61-46(57)36-17-15-14-16-35(36)45(55)56)50(64-49)25-24-47(10,63-50)38-20-22-48(58,13-3)32(9)59-38/h14-17,21,23,27-34,37-40,42-43,51,58H,11-13,18-20,22,24-26H2,1-10H3,(H,53,54)(H,55,56)/t27-,28-,29+,30-,31-,32-,33+,34-,37+,38+,39+,40+,42+,43-,47-,48+,49-,50-/m0/s1. The summed E-state index contributed by atoms with van der Waals surface area (Å²) in [5.74, 6) is -9.07. The molecule has 0 radical (unpaired) electrons.